The second kappa shape index (κ2) is 2.89. The van der Waals surface area contributed by atoms with E-state index in [2.05, 4.69) is 0 Å². The van der Waals surface area contributed by atoms with Crippen molar-refractivity contribution in [2.24, 2.45) is 0 Å². The van der Waals surface area contributed by atoms with Gasteiger partial charge in [-0.1, -0.05) is 13.8 Å². The van der Waals surface area contributed by atoms with E-state index < -0.39 is 0 Å². The summed E-state index contributed by atoms with van der Waals surface area (Å²) in [5.74, 6) is -0.469. The molecule has 2 N–H and O–H groups in total. The van der Waals surface area contributed by atoms with Crippen LogP contribution in [0.25, 0.3) is 0 Å². The Labute approximate surface area is 87.1 Å². The van der Waals surface area contributed by atoms with Crippen molar-refractivity contribution in [3.63, 3.8) is 0 Å². The maximum atomic E-state index is 11.3. The minimum absolute atomic E-state index is 0.195. The van der Waals surface area contributed by atoms with Crippen molar-refractivity contribution in [1.82, 2.24) is 0 Å². The van der Waals surface area contributed by atoms with Gasteiger partial charge in [0.1, 0.15) is 5.75 Å². The quantitative estimate of drug-likeness (QED) is 0.387. The first-order chi connectivity index (χ1) is 6.90. The van der Waals surface area contributed by atoms with Crippen molar-refractivity contribution in [2.45, 2.75) is 25.7 Å². The lowest BCUT2D eigenvalue weighted by atomic mass is 9.79. The first kappa shape index (κ1) is 9.83. The van der Waals surface area contributed by atoms with Crippen LogP contribution < -0.4 is 4.74 Å². The minimum atomic E-state index is -0.379. The Morgan fingerprint density at radius 1 is 1.27 bits per heavy atom. The van der Waals surface area contributed by atoms with E-state index in [0.717, 1.165) is 5.56 Å². The fourth-order valence-corrected chi connectivity index (χ4v) is 1.79. The predicted octanol–water partition coefficient (Wildman–Crippen LogP) is 1.68. The smallest absolute Gasteiger partial charge is 0.312 e. The first-order valence-corrected chi connectivity index (χ1v) is 4.67. The molecule has 1 aromatic rings. The molecule has 1 aliphatic rings. The number of carbonyl (C=O) groups excluding carboxylic acids is 1. The van der Waals surface area contributed by atoms with Crippen LogP contribution in [-0.2, 0) is 10.2 Å². The number of esters is 1. The summed E-state index contributed by atoms with van der Waals surface area (Å²) in [4.78, 5) is 11.3. The van der Waals surface area contributed by atoms with Gasteiger partial charge in [-0.3, -0.25) is 4.79 Å². The molecular weight excluding hydrogens is 196 g/mol. The zero-order valence-electron chi connectivity index (χ0n) is 8.57. The highest BCUT2D eigenvalue weighted by Gasteiger charge is 2.34. The first-order valence-electron chi connectivity index (χ1n) is 4.67. The maximum absolute atomic E-state index is 11.3. The molecule has 2 rings (SSSR count). The molecule has 1 aliphatic heterocycles. The molecule has 1 heterocycles. The average Bonchev–Trinajstić information content (AvgIpc) is 2.07. The highest BCUT2D eigenvalue weighted by atomic mass is 16.5. The van der Waals surface area contributed by atoms with Gasteiger partial charge in [0.25, 0.3) is 0 Å². The van der Waals surface area contributed by atoms with Crippen molar-refractivity contribution in [3.05, 3.63) is 17.7 Å². The fraction of sp³-hybridized carbons (Fsp3) is 0.364. The summed E-state index contributed by atoms with van der Waals surface area (Å²) in [5.41, 5.74) is 0.355. The molecule has 0 aromatic heterocycles. The number of carbonyl (C=O) groups is 1. The van der Waals surface area contributed by atoms with Crippen LogP contribution in [0.3, 0.4) is 0 Å². The Morgan fingerprint density at radius 2 is 1.87 bits per heavy atom. The van der Waals surface area contributed by atoms with Crippen molar-refractivity contribution >= 4 is 5.97 Å². The third-order valence-corrected chi connectivity index (χ3v) is 2.62. The van der Waals surface area contributed by atoms with Gasteiger partial charge in [-0.05, 0) is 6.07 Å². The lowest BCUT2D eigenvalue weighted by Crippen LogP contribution is -2.30. The molecule has 0 saturated heterocycles. The van der Waals surface area contributed by atoms with E-state index in [-0.39, 0.29) is 29.3 Å². The second-order valence-corrected chi connectivity index (χ2v) is 4.37. The van der Waals surface area contributed by atoms with E-state index in [1.165, 1.54) is 12.1 Å². The number of phenols is 2. The van der Waals surface area contributed by atoms with E-state index in [1.807, 2.05) is 13.8 Å². The van der Waals surface area contributed by atoms with Crippen LogP contribution in [0.15, 0.2) is 12.1 Å². The molecule has 0 spiro atoms. The standard InChI is InChI=1S/C11H12O4/c1-11(2)5-10(14)15-9-4-8(13)7(12)3-6(9)11/h3-4,12-13H,5H2,1-2H3. The summed E-state index contributed by atoms with van der Waals surface area (Å²) in [6.45, 7) is 3.78. The number of hydrogen-bond acceptors (Lipinski definition) is 4. The third-order valence-electron chi connectivity index (χ3n) is 2.62. The van der Waals surface area contributed by atoms with Crippen LogP contribution >= 0.6 is 0 Å². The molecular formula is C11H12O4. The van der Waals surface area contributed by atoms with Crippen molar-refractivity contribution in [3.8, 4) is 17.2 Å². The number of rotatable bonds is 0. The van der Waals surface area contributed by atoms with Gasteiger partial charge in [0.05, 0.1) is 6.42 Å². The average molecular weight is 208 g/mol. The molecule has 0 radical (unpaired) electrons. The van der Waals surface area contributed by atoms with Gasteiger partial charge in [-0.25, -0.2) is 0 Å². The van der Waals surface area contributed by atoms with Gasteiger partial charge >= 0.3 is 5.97 Å². The summed E-state index contributed by atoms with van der Waals surface area (Å²) in [6, 6.07) is 2.71. The molecule has 0 unspecified atom stereocenters. The van der Waals surface area contributed by atoms with Crippen LogP contribution in [0, 0.1) is 0 Å². The van der Waals surface area contributed by atoms with Gasteiger partial charge in [0, 0.05) is 17.0 Å². The highest BCUT2D eigenvalue weighted by Crippen LogP contribution is 2.43. The van der Waals surface area contributed by atoms with Gasteiger partial charge in [-0.15, -0.1) is 0 Å². The summed E-state index contributed by atoms with van der Waals surface area (Å²) in [6.07, 6.45) is 0.268. The Bertz CT molecular complexity index is 434. The molecule has 0 atom stereocenters. The van der Waals surface area contributed by atoms with E-state index in [0.29, 0.717) is 5.75 Å². The molecule has 15 heavy (non-hydrogen) atoms. The molecule has 80 valence electrons. The number of phenolic OH excluding ortho intramolecular Hbond substituents is 2. The zero-order chi connectivity index (χ0) is 11.2. The van der Waals surface area contributed by atoms with Crippen LogP contribution in [0.4, 0.5) is 0 Å². The topological polar surface area (TPSA) is 66.8 Å². The Balaban J connectivity index is 2.62. The Kier molecular flexibility index (Phi) is 1.89. The van der Waals surface area contributed by atoms with E-state index in [9.17, 15) is 15.0 Å². The molecule has 1 aromatic carbocycles. The second-order valence-electron chi connectivity index (χ2n) is 4.37. The van der Waals surface area contributed by atoms with Crippen molar-refractivity contribution < 1.29 is 19.7 Å². The van der Waals surface area contributed by atoms with Crippen LogP contribution in [0.5, 0.6) is 17.2 Å². The normalized spacial score (nSPS) is 18.1. The Morgan fingerprint density at radius 3 is 2.53 bits per heavy atom. The molecule has 0 aliphatic carbocycles. The number of ether oxygens (including phenoxy) is 1. The van der Waals surface area contributed by atoms with E-state index >= 15 is 0 Å². The molecule has 4 nitrogen and oxygen atoms in total. The van der Waals surface area contributed by atoms with Crippen molar-refractivity contribution in [1.29, 1.82) is 0 Å². The minimum Gasteiger partial charge on any atom is -0.504 e. The lowest BCUT2D eigenvalue weighted by molar-refractivity contribution is -0.136. The maximum Gasteiger partial charge on any atom is 0.312 e. The van der Waals surface area contributed by atoms with Gasteiger partial charge < -0.3 is 14.9 Å². The summed E-state index contributed by atoms with van der Waals surface area (Å²) in [7, 11) is 0. The Hall–Kier alpha value is -1.71. The van der Waals surface area contributed by atoms with E-state index in [1.54, 1.807) is 0 Å². The van der Waals surface area contributed by atoms with Gasteiger partial charge in [-0.2, -0.15) is 0 Å². The van der Waals surface area contributed by atoms with E-state index in [4.69, 9.17) is 4.74 Å². The number of aromatic hydroxyl groups is 2. The molecule has 0 amide bonds. The summed E-state index contributed by atoms with van der Waals surface area (Å²) < 4.78 is 4.99. The largest absolute Gasteiger partial charge is 0.504 e. The lowest BCUT2D eigenvalue weighted by Gasteiger charge is -2.30. The SMILES string of the molecule is CC1(C)CC(=O)Oc2cc(O)c(O)cc21. The molecule has 0 saturated carbocycles. The number of hydrogen-bond donors (Lipinski definition) is 2. The number of benzene rings is 1. The number of fused-ring (bicyclic) bond motifs is 1. The fourth-order valence-electron chi connectivity index (χ4n) is 1.79. The monoisotopic (exact) mass is 208 g/mol. The van der Waals surface area contributed by atoms with Crippen LogP contribution in [-0.4, -0.2) is 16.2 Å². The highest BCUT2D eigenvalue weighted by molar-refractivity contribution is 5.78. The predicted molar refractivity (Wildman–Crippen MR) is 53.0 cm³/mol. The van der Waals surface area contributed by atoms with Crippen molar-refractivity contribution in [2.75, 3.05) is 0 Å². The molecule has 0 bridgehead atoms. The third kappa shape index (κ3) is 1.52. The zero-order valence-corrected chi connectivity index (χ0v) is 8.57. The summed E-state index contributed by atoms with van der Waals surface area (Å²) in [5, 5.41) is 18.7. The van der Waals surface area contributed by atoms with Gasteiger partial charge in [0.2, 0.25) is 0 Å². The summed E-state index contributed by atoms with van der Waals surface area (Å²) >= 11 is 0. The molecule has 4 heteroatoms. The molecule has 0 fully saturated rings. The van der Waals surface area contributed by atoms with Gasteiger partial charge in [0.15, 0.2) is 11.5 Å². The van der Waals surface area contributed by atoms with Crippen LogP contribution in [0.2, 0.25) is 0 Å². The van der Waals surface area contributed by atoms with Crippen LogP contribution in [0.1, 0.15) is 25.8 Å².